The lowest BCUT2D eigenvalue weighted by Crippen LogP contribution is -2.22. The molecule has 0 aliphatic carbocycles. The van der Waals surface area contributed by atoms with Crippen LogP contribution in [0.5, 0.6) is 0 Å². The zero-order chi connectivity index (χ0) is 13.8. The molecule has 0 aliphatic rings. The summed E-state index contributed by atoms with van der Waals surface area (Å²) in [6.45, 7) is 3.77. The van der Waals surface area contributed by atoms with Crippen LogP contribution < -0.4 is 16.8 Å². The van der Waals surface area contributed by atoms with Gasteiger partial charge in [-0.25, -0.2) is 9.97 Å². The summed E-state index contributed by atoms with van der Waals surface area (Å²) in [6.07, 6.45) is 0. The largest absolute Gasteiger partial charge is 0.399 e. The highest BCUT2D eigenvalue weighted by Gasteiger charge is 2.00. The summed E-state index contributed by atoms with van der Waals surface area (Å²) in [5.41, 5.74) is 14.6. The number of nitrogen functional groups attached to an aromatic ring is 1. The Hall–Kier alpha value is -2.63. The number of aliphatic imine (C=N–C) groups is 1. The van der Waals surface area contributed by atoms with Crippen LogP contribution in [-0.4, -0.2) is 15.9 Å². The van der Waals surface area contributed by atoms with Gasteiger partial charge in [-0.2, -0.15) is 4.99 Å². The molecule has 6 heteroatoms. The second kappa shape index (κ2) is 5.34. The number of rotatable bonds is 2. The molecule has 1 heterocycles. The summed E-state index contributed by atoms with van der Waals surface area (Å²) >= 11 is 0. The van der Waals surface area contributed by atoms with Gasteiger partial charge < -0.3 is 16.8 Å². The lowest BCUT2D eigenvalue weighted by molar-refractivity contribution is 1.04. The lowest BCUT2D eigenvalue weighted by atomic mass is 10.3. The van der Waals surface area contributed by atoms with Crippen molar-refractivity contribution in [2.75, 3.05) is 11.1 Å². The van der Waals surface area contributed by atoms with Crippen molar-refractivity contribution in [2.45, 2.75) is 13.8 Å². The van der Waals surface area contributed by atoms with Crippen LogP contribution >= 0.6 is 0 Å². The van der Waals surface area contributed by atoms with Crippen LogP contribution in [0.15, 0.2) is 35.3 Å². The third-order valence-corrected chi connectivity index (χ3v) is 2.37. The first kappa shape index (κ1) is 12.8. The highest BCUT2D eigenvalue weighted by Crippen LogP contribution is 2.11. The van der Waals surface area contributed by atoms with E-state index in [1.807, 2.05) is 32.0 Å². The molecule has 0 amide bonds. The Bertz CT molecular complexity index is 583. The molecule has 1 aromatic carbocycles. The van der Waals surface area contributed by atoms with Crippen molar-refractivity contribution in [1.82, 2.24) is 9.97 Å². The summed E-state index contributed by atoms with van der Waals surface area (Å²) in [7, 11) is 0. The molecule has 0 bridgehead atoms. The van der Waals surface area contributed by atoms with Gasteiger partial charge in [0.05, 0.1) is 0 Å². The average Bonchev–Trinajstić information content (AvgIpc) is 2.30. The van der Waals surface area contributed by atoms with Crippen molar-refractivity contribution < 1.29 is 0 Å². The lowest BCUT2D eigenvalue weighted by Gasteiger charge is -2.05. The maximum atomic E-state index is 5.80. The molecule has 0 atom stereocenters. The molecular formula is C13H16N6. The van der Waals surface area contributed by atoms with E-state index in [1.54, 1.807) is 12.1 Å². The fourth-order valence-corrected chi connectivity index (χ4v) is 1.61. The normalized spacial score (nSPS) is 11.4. The number of guanidine groups is 1. The Balaban J connectivity index is 2.16. The Morgan fingerprint density at radius 1 is 1.11 bits per heavy atom. The Kier molecular flexibility index (Phi) is 3.61. The SMILES string of the molecule is Cc1cc(C)nc(/N=C(\N)Nc2ccc(N)cc2)n1. The smallest absolute Gasteiger partial charge is 0.253 e. The first-order valence-corrected chi connectivity index (χ1v) is 5.82. The minimum absolute atomic E-state index is 0.231. The summed E-state index contributed by atoms with van der Waals surface area (Å²) in [6, 6.07) is 9.08. The zero-order valence-electron chi connectivity index (χ0n) is 10.9. The topological polar surface area (TPSA) is 102 Å². The van der Waals surface area contributed by atoms with Crippen molar-refractivity contribution in [3.05, 3.63) is 41.7 Å². The molecule has 5 N–H and O–H groups in total. The van der Waals surface area contributed by atoms with E-state index < -0.39 is 0 Å². The molecule has 98 valence electrons. The predicted molar refractivity (Wildman–Crippen MR) is 77.3 cm³/mol. The van der Waals surface area contributed by atoms with Crippen molar-refractivity contribution >= 4 is 23.3 Å². The van der Waals surface area contributed by atoms with Gasteiger partial charge in [-0.15, -0.1) is 0 Å². The zero-order valence-corrected chi connectivity index (χ0v) is 10.9. The van der Waals surface area contributed by atoms with Gasteiger partial charge in [-0.05, 0) is 44.2 Å². The van der Waals surface area contributed by atoms with Gasteiger partial charge in [-0.3, -0.25) is 0 Å². The number of nitrogens with two attached hydrogens (primary N) is 2. The van der Waals surface area contributed by atoms with Crippen LogP contribution in [0.1, 0.15) is 11.4 Å². The van der Waals surface area contributed by atoms with Gasteiger partial charge in [0.2, 0.25) is 5.96 Å². The fourth-order valence-electron chi connectivity index (χ4n) is 1.61. The number of anilines is 2. The van der Waals surface area contributed by atoms with Crippen LogP contribution in [-0.2, 0) is 0 Å². The molecule has 0 saturated heterocycles. The monoisotopic (exact) mass is 256 g/mol. The van der Waals surface area contributed by atoms with E-state index in [1.165, 1.54) is 0 Å². The van der Waals surface area contributed by atoms with E-state index >= 15 is 0 Å². The summed E-state index contributed by atoms with van der Waals surface area (Å²) in [5.74, 6) is 0.577. The van der Waals surface area contributed by atoms with Crippen molar-refractivity contribution in [1.29, 1.82) is 0 Å². The quantitative estimate of drug-likeness (QED) is 0.431. The Morgan fingerprint density at radius 2 is 1.68 bits per heavy atom. The third kappa shape index (κ3) is 3.67. The first-order chi connectivity index (χ1) is 9.02. The van der Waals surface area contributed by atoms with Crippen LogP contribution in [0.25, 0.3) is 0 Å². The number of nitrogens with zero attached hydrogens (tertiary/aromatic N) is 3. The molecule has 0 fully saturated rings. The third-order valence-electron chi connectivity index (χ3n) is 2.37. The molecule has 0 unspecified atom stereocenters. The molecule has 19 heavy (non-hydrogen) atoms. The first-order valence-electron chi connectivity index (χ1n) is 5.82. The number of nitrogens with one attached hydrogen (secondary N) is 1. The predicted octanol–water partition coefficient (Wildman–Crippen LogP) is 1.73. The fraction of sp³-hybridized carbons (Fsp3) is 0.154. The highest BCUT2D eigenvalue weighted by molar-refractivity contribution is 5.93. The van der Waals surface area contributed by atoms with E-state index in [4.69, 9.17) is 11.5 Å². The van der Waals surface area contributed by atoms with Gasteiger partial charge in [0, 0.05) is 22.8 Å². The van der Waals surface area contributed by atoms with Gasteiger partial charge >= 0.3 is 0 Å². The van der Waals surface area contributed by atoms with E-state index in [-0.39, 0.29) is 5.96 Å². The Morgan fingerprint density at radius 3 is 2.26 bits per heavy atom. The molecule has 0 spiro atoms. The van der Waals surface area contributed by atoms with Crippen molar-refractivity contribution in [2.24, 2.45) is 10.7 Å². The molecule has 0 radical (unpaired) electrons. The van der Waals surface area contributed by atoms with Gasteiger partial charge in [0.25, 0.3) is 5.95 Å². The van der Waals surface area contributed by atoms with E-state index in [2.05, 4.69) is 20.3 Å². The van der Waals surface area contributed by atoms with Crippen LogP contribution in [0.3, 0.4) is 0 Å². The molecule has 0 aliphatic heterocycles. The summed E-state index contributed by atoms with van der Waals surface area (Å²) in [5, 5.41) is 2.95. The van der Waals surface area contributed by atoms with E-state index in [0.717, 1.165) is 17.1 Å². The van der Waals surface area contributed by atoms with E-state index in [0.29, 0.717) is 11.6 Å². The maximum Gasteiger partial charge on any atom is 0.253 e. The molecule has 6 nitrogen and oxygen atoms in total. The standard InChI is InChI=1S/C13H16N6/c1-8-7-9(2)17-13(16-8)19-12(15)18-11-5-3-10(14)4-6-11/h3-7H,14H2,1-2H3,(H3,15,16,17,18,19). The highest BCUT2D eigenvalue weighted by atomic mass is 15.2. The van der Waals surface area contributed by atoms with Gasteiger partial charge in [0.1, 0.15) is 0 Å². The minimum atomic E-state index is 0.231. The summed E-state index contributed by atoms with van der Waals surface area (Å²) in [4.78, 5) is 12.5. The van der Waals surface area contributed by atoms with E-state index in [9.17, 15) is 0 Å². The van der Waals surface area contributed by atoms with Crippen molar-refractivity contribution in [3.8, 4) is 0 Å². The molecular weight excluding hydrogens is 240 g/mol. The molecule has 2 rings (SSSR count). The molecule has 2 aromatic rings. The van der Waals surface area contributed by atoms with Gasteiger partial charge in [0.15, 0.2) is 0 Å². The van der Waals surface area contributed by atoms with Crippen LogP contribution in [0, 0.1) is 13.8 Å². The van der Waals surface area contributed by atoms with Crippen molar-refractivity contribution in [3.63, 3.8) is 0 Å². The van der Waals surface area contributed by atoms with Crippen LogP contribution in [0.2, 0.25) is 0 Å². The second-order valence-electron chi connectivity index (χ2n) is 4.19. The number of aryl methyl sites for hydroxylation is 2. The number of hydrogen-bond donors (Lipinski definition) is 3. The average molecular weight is 256 g/mol. The number of hydrogen-bond acceptors (Lipinski definition) is 4. The van der Waals surface area contributed by atoms with Crippen LogP contribution in [0.4, 0.5) is 17.3 Å². The summed E-state index contributed by atoms with van der Waals surface area (Å²) < 4.78 is 0. The Labute approximate surface area is 111 Å². The second-order valence-corrected chi connectivity index (χ2v) is 4.19. The molecule has 0 saturated carbocycles. The van der Waals surface area contributed by atoms with Gasteiger partial charge in [-0.1, -0.05) is 0 Å². The molecule has 1 aromatic heterocycles. The minimum Gasteiger partial charge on any atom is -0.399 e. The number of aromatic nitrogens is 2. The number of benzene rings is 1. The maximum absolute atomic E-state index is 5.80.